The van der Waals surface area contributed by atoms with E-state index in [0.717, 1.165) is 110 Å². The van der Waals surface area contributed by atoms with Crippen molar-refractivity contribution in [2.45, 2.75) is 214 Å². The van der Waals surface area contributed by atoms with Crippen LogP contribution < -0.4 is 66.0 Å². The van der Waals surface area contributed by atoms with E-state index in [1.165, 1.54) is 20.8 Å². The van der Waals surface area contributed by atoms with Crippen molar-refractivity contribution in [3.63, 3.8) is 0 Å². The number of nitrogens with one attached hydrogen (secondary N) is 6. The first-order valence-electron chi connectivity index (χ1n) is 34.3. The van der Waals surface area contributed by atoms with Crippen molar-refractivity contribution in [2.75, 3.05) is 78.9 Å². The number of hydrogen-bond donors (Lipinski definition) is 6. The van der Waals surface area contributed by atoms with Crippen LogP contribution in [0, 0.1) is 0 Å². The van der Waals surface area contributed by atoms with Crippen LogP contribution in [0.3, 0.4) is 0 Å². The lowest BCUT2D eigenvalue weighted by Crippen LogP contribution is -2.54. The van der Waals surface area contributed by atoms with Crippen LogP contribution in [0.25, 0.3) is 0 Å². The van der Waals surface area contributed by atoms with Crippen molar-refractivity contribution in [3.05, 3.63) is 101 Å². The Hall–Kier alpha value is -9.33. The maximum atomic E-state index is 13.4. The maximum absolute atomic E-state index is 13.4. The highest BCUT2D eigenvalue weighted by molar-refractivity contribution is 5.82. The molecule has 99 heavy (non-hydrogen) atoms. The van der Waals surface area contributed by atoms with Gasteiger partial charge in [-0.2, -0.15) is 0 Å². The van der Waals surface area contributed by atoms with E-state index in [4.69, 9.17) is 28.4 Å². The lowest BCUT2D eigenvalue weighted by Gasteiger charge is -2.14. The average molecular weight is 1410 g/mol. The average Bonchev–Trinajstić information content (AvgIpc) is 0.797. The Morgan fingerprint density at radius 2 is 0.424 bits per heavy atom. The largest absolute Gasteiger partial charge is 0.459 e. The molecule has 0 fully saturated rings. The summed E-state index contributed by atoms with van der Waals surface area (Å²) < 4.78 is 35.7. The van der Waals surface area contributed by atoms with Crippen LogP contribution in [0.2, 0.25) is 0 Å². The summed E-state index contributed by atoms with van der Waals surface area (Å²) in [6.07, 6.45) is 17.6. The molecule has 2 rings (SSSR count). The maximum Gasteiger partial charge on any atom is 0.407 e. The van der Waals surface area contributed by atoms with Crippen molar-refractivity contribution in [1.82, 2.24) is 59.3 Å². The third-order valence-corrected chi connectivity index (χ3v) is 14.7. The highest BCUT2D eigenvalue weighted by Crippen LogP contribution is 2.06. The summed E-state index contributed by atoms with van der Waals surface area (Å²) in [7, 11) is 0. The molecule has 33 heteroatoms. The van der Waals surface area contributed by atoms with Crippen LogP contribution >= 0.6 is 0 Å². The van der Waals surface area contributed by atoms with Gasteiger partial charge in [-0.1, -0.05) is 96.8 Å². The highest BCUT2D eigenvalue weighted by atomic mass is 16.6. The molecule has 558 valence electrons. The van der Waals surface area contributed by atoms with Gasteiger partial charge in [0.1, 0.15) is 39.6 Å². The van der Waals surface area contributed by atoms with Gasteiger partial charge in [0, 0.05) is 118 Å². The molecule has 2 aromatic heterocycles. The summed E-state index contributed by atoms with van der Waals surface area (Å²) in [5, 5.41) is 16.0. The standard InChI is InChI=1S/C35H56N6O12.C31H52N6O9/c1-4-29(43)50-24-26-52-31(45)37-19-13-7-10-16-22-40-33(47)39(21-15-9-6-12-18-36-28(3)42)34(48)41(35(40)49)23-17-11-8-14-20-38-32(46)53-27-25-51-30(44)5-2;1-4-27(40)45-23-24-46-28(41)34-19-13-7-10-16-22-37-30(43)35(20-14-8-5-11-17-32-25(2)38)29(42)36(31(37)44)21-15-9-6-12-18-33-26(3)39/h4-5H,1-2,6-27H2,3H3,(H,36,42)(H,37,45)(H,38,46);4H,1,5-24H2,2-3H3,(H,32,38)(H,33,39)(H,34,41). The predicted octanol–water partition coefficient (Wildman–Crippen LogP) is 3.48. The molecule has 0 unspecified atom stereocenters. The van der Waals surface area contributed by atoms with Crippen molar-refractivity contribution < 1.29 is 71.6 Å². The molecule has 0 aromatic carbocycles. The second-order valence-electron chi connectivity index (χ2n) is 22.8. The van der Waals surface area contributed by atoms with E-state index in [0.29, 0.717) is 129 Å². The van der Waals surface area contributed by atoms with Gasteiger partial charge in [0.25, 0.3) is 0 Å². The van der Waals surface area contributed by atoms with Gasteiger partial charge < -0.3 is 60.3 Å². The molecule has 0 aliphatic rings. The molecule has 0 aliphatic carbocycles. The normalized spacial score (nSPS) is 10.6. The summed E-state index contributed by atoms with van der Waals surface area (Å²) in [6, 6.07) is 0. The number of rotatable bonds is 54. The number of esters is 3. The lowest BCUT2D eigenvalue weighted by molar-refractivity contribution is -0.139. The molecule has 0 aliphatic heterocycles. The third-order valence-electron chi connectivity index (χ3n) is 14.7. The zero-order valence-electron chi connectivity index (χ0n) is 58.3. The van der Waals surface area contributed by atoms with Crippen molar-refractivity contribution in [3.8, 4) is 0 Å². The Morgan fingerprint density at radius 3 is 0.596 bits per heavy atom. The number of nitrogens with zero attached hydrogens (tertiary/aromatic N) is 6. The van der Waals surface area contributed by atoms with E-state index in [-0.39, 0.29) is 96.6 Å². The molecule has 2 aromatic rings. The Balaban J connectivity index is 0.000001000. The van der Waals surface area contributed by atoms with Gasteiger partial charge in [-0.25, -0.2) is 84.9 Å². The summed E-state index contributed by atoms with van der Waals surface area (Å²) in [5.41, 5.74) is -3.76. The van der Waals surface area contributed by atoms with E-state index >= 15 is 0 Å². The van der Waals surface area contributed by atoms with Crippen molar-refractivity contribution >= 4 is 53.9 Å². The number of carbonyl (C=O) groups is 9. The number of aromatic nitrogens is 6. The summed E-state index contributed by atoms with van der Waals surface area (Å²) >= 11 is 0. The van der Waals surface area contributed by atoms with Crippen LogP contribution in [-0.4, -0.2) is 160 Å². The molecule has 33 nitrogen and oxygen atoms in total. The van der Waals surface area contributed by atoms with Crippen LogP contribution in [0.15, 0.2) is 66.7 Å². The fraction of sp³-hybridized carbons (Fsp3) is 0.682. The second kappa shape index (κ2) is 55.6. The SMILES string of the molecule is C=CC(=O)OCCOC(=O)NCCCCCCn1c(=O)n(CCCCCCNC(C)=O)c(=O)n(CCCCCCNC(=O)OCCOC(=O)C=C)c1=O.C=CC(=O)OCCOC(=O)NCCCCCCn1c(=O)n(CCCCCCNC(C)=O)c(=O)n(CCCCCCNC(C)=O)c1=O. The van der Waals surface area contributed by atoms with Gasteiger partial charge in [-0.15, -0.1) is 0 Å². The second-order valence-corrected chi connectivity index (χ2v) is 22.8. The fourth-order valence-corrected chi connectivity index (χ4v) is 9.53. The van der Waals surface area contributed by atoms with Gasteiger partial charge in [-0.3, -0.25) is 14.4 Å². The molecule has 0 saturated heterocycles. The summed E-state index contributed by atoms with van der Waals surface area (Å²) in [5.74, 6) is -2.07. The quantitative estimate of drug-likeness (QED) is 0.0239. The van der Waals surface area contributed by atoms with E-state index in [1.54, 1.807) is 0 Å². The Kier molecular flexibility index (Phi) is 49.3. The molecule has 6 N–H and O–H groups in total. The van der Waals surface area contributed by atoms with E-state index < -0.39 is 70.3 Å². The van der Waals surface area contributed by atoms with Crippen molar-refractivity contribution in [2.24, 2.45) is 0 Å². The monoisotopic (exact) mass is 1400 g/mol. The zero-order chi connectivity index (χ0) is 73.4. The molecule has 0 spiro atoms. The molecule has 0 atom stereocenters. The summed E-state index contributed by atoms with van der Waals surface area (Å²) in [6.45, 7) is 17.5. The number of ether oxygens (including phenoxy) is 6. The van der Waals surface area contributed by atoms with E-state index in [2.05, 4.69) is 51.6 Å². The number of carbonyl (C=O) groups excluding carboxylic acids is 9. The molecule has 0 bridgehead atoms. The van der Waals surface area contributed by atoms with Crippen LogP contribution in [0.4, 0.5) is 14.4 Å². The van der Waals surface area contributed by atoms with Crippen LogP contribution in [-0.2, 0) is 96.5 Å². The Morgan fingerprint density at radius 1 is 0.263 bits per heavy atom. The van der Waals surface area contributed by atoms with Crippen LogP contribution in [0.5, 0.6) is 0 Å². The molecular weight excluding hydrogens is 1300 g/mol. The minimum atomic E-state index is -0.655. The molecule has 2 heterocycles. The molecular formula is C66H108N12O21. The number of amides is 6. The predicted molar refractivity (Wildman–Crippen MR) is 367 cm³/mol. The first-order chi connectivity index (χ1) is 47.6. The zero-order valence-corrected chi connectivity index (χ0v) is 58.3. The lowest BCUT2D eigenvalue weighted by atomic mass is 10.2. The van der Waals surface area contributed by atoms with E-state index in [9.17, 15) is 71.9 Å². The smallest absolute Gasteiger partial charge is 0.407 e. The first-order valence-corrected chi connectivity index (χ1v) is 34.3. The fourth-order valence-electron chi connectivity index (χ4n) is 9.53. The minimum Gasteiger partial charge on any atom is -0.459 e. The number of hydrogen-bond acceptors (Lipinski definition) is 21. The number of alkyl carbamates (subject to hydrolysis) is 3. The van der Waals surface area contributed by atoms with E-state index in [1.807, 2.05) is 0 Å². The summed E-state index contributed by atoms with van der Waals surface area (Å²) in [4.78, 5) is 181. The minimum absolute atomic E-state index is 0.0630. The highest BCUT2D eigenvalue weighted by Gasteiger charge is 2.18. The number of unbranched alkanes of at least 4 members (excludes halogenated alkanes) is 18. The first kappa shape index (κ1) is 87.7. The van der Waals surface area contributed by atoms with Crippen LogP contribution in [0.1, 0.15) is 175 Å². The van der Waals surface area contributed by atoms with Gasteiger partial charge in [0.2, 0.25) is 17.7 Å². The third kappa shape index (κ3) is 42.2. The Labute approximate surface area is 576 Å². The molecule has 0 saturated carbocycles. The van der Waals surface area contributed by atoms with Gasteiger partial charge in [0.15, 0.2) is 0 Å². The Bertz CT molecular complexity index is 3040. The topological polar surface area (TPSA) is 413 Å². The molecule has 6 amide bonds. The van der Waals surface area contributed by atoms with Gasteiger partial charge in [-0.05, 0) is 77.0 Å². The van der Waals surface area contributed by atoms with Gasteiger partial charge >= 0.3 is 70.3 Å². The molecule has 0 radical (unpaired) electrons. The van der Waals surface area contributed by atoms with Gasteiger partial charge in [0.05, 0.1) is 0 Å². The van der Waals surface area contributed by atoms with Crippen molar-refractivity contribution in [1.29, 1.82) is 0 Å².